The predicted molar refractivity (Wildman–Crippen MR) is 85.9 cm³/mol. The lowest BCUT2D eigenvalue weighted by Gasteiger charge is -2.03. The average molecular weight is 307 g/mol. The third kappa shape index (κ3) is 2.79. The first kappa shape index (κ1) is 13.9. The Hall–Kier alpha value is -2.76. The van der Waals surface area contributed by atoms with E-state index in [9.17, 15) is 4.79 Å². The van der Waals surface area contributed by atoms with Crippen LogP contribution in [-0.4, -0.2) is 25.7 Å². The van der Waals surface area contributed by atoms with Crippen LogP contribution in [0.15, 0.2) is 36.5 Å². The van der Waals surface area contributed by atoms with Gasteiger partial charge in [-0.15, -0.1) is 0 Å². The third-order valence-corrected chi connectivity index (χ3v) is 4.07. The van der Waals surface area contributed by atoms with Crippen molar-refractivity contribution in [2.24, 2.45) is 7.05 Å². The number of aryl methyl sites for hydroxylation is 1. The molecule has 0 unspecified atom stereocenters. The van der Waals surface area contributed by atoms with Gasteiger partial charge in [-0.25, -0.2) is 4.98 Å². The van der Waals surface area contributed by atoms with E-state index >= 15 is 0 Å². The van der Waals surface area contributed by atoms with E-state index in [0.717, 1.165) is 11.2 Å². The lowest BCUT2D eigenvalue weighted by atomic mass is 10.2. The zero-order valence-electron chi connectivity index (χ0n) is 12.9. The Kier molecular flexibility index (Phi) is 3.29. The molecular formula is C17H17N5O. The number of hydrogen-bond donors (Lipinski definition) is 1. The molecule has 0 bridgehead atoms. The number of nitrogens with one attached hydrogen (secondary N) is 1. The van der Waals surface area contributed by atoms with Crippen molar-refractivity contribution in [3.05, 3.63) is 53.6 Å². The summed E-state index contributed by atoms with van der Waals surface area (Å²) in [6, 6.07) is 9.57. The topological polar surface area (TPSA) is 72.7 Å². The summed E-state index contributed by atoms with van der Waals surface area (Å²) in [6.45, 7) is 0.397. The summed E-state index contributed by atoms with van der Waals surface area (Å²) in [7, 11) is 1.95. The third-order valence-electron chi connectivity index (χ3n) is 4.07. The lowest BCUT2D eigenvalue weighted by molar-refractivity contribution is 0.0945. The number of hydrogen-bond acceptors (Lipinski definition) is 4. The van der Waals surface area contributed by atoms with Gasteiger partial charge in [0.2, 0.25) is 0 Å². The zero-order chi connectivity index (χ0) is 15.8. The number of benzene rings is 1. The monoisotopic (exact) mass is 307 g/mol. The van der Waals surface area contributed by atoms with Gasteiger partial charge in [-0.1, -0.05) is 12.1 Å². The van der Waals surface area contributed by atoms with Gasteiger partial charge in [0.15, 0.2) is 0 Å². The number of aromatic nitrogens is 4. The van der Waals surface area contributed by atoms with Crippen molar-refractivity contribution in [2.75, 3.05) is 0 Å². The van der Waals surface area contributed by atoms with Crippen molar-refractivity contribution in [3.8, 4) is 0 Å². The van der Waals surface area contributed by atoms with Crippen LogP contribution in [0.5, 0.6) is 0 Å². The number of carbonyl (C=O) groups is 1. The largest absolute Gasteiger partial charge is 0.345 e. The molecule has 0 spiro atoms. The summed E-state index contributed by atoms with van der Waals surface area (Å²) in [5.74, 6) is 0.408. The molecule has 116 valence electrons. The molecule has 4 rings (SSSR count). The molecule has 0 aliphatic heterocycles. The van der Waals surface area contributed by atoms with Crippen LogP contribution in [0.25, 0.3) is 11.0 Å². The highest BCUT2D eigenvalue weighted by Crippen LogP contribution is 2.39. The van der Waals surface area contributed by atoms with Gasteiger partial charge in [-0.3, -0.25) is 14.5 Å². The highest BCUT2D eigenvalue weighted by Gasteiger charge is 2.27. The molecule has 23 heavy (non-hydrogen) atoms. The minimum atomic E-state index is -0.234. The minimum Gasteiger partial charge on any atom is -0.345 e. The van der Waals surface area contributed by atoms with Crippen molar-refractivity contribution in [1.82, 2.24) is 25.1 Å². The van der Waals surface area contributed by atoms with E-state index in [1.54, 1.807) is 0 Å². The summed E-state index contributed by atoms with van der Waals surface area (Å²) in [6.07, 6.45) is 3.97. The summed E-state index contributed by atoms with van der Waals surface area (Å²) >= 11 is 0. The lowest BCUT2D eigenvalue weighted by Crippen LogP contribution is -2.24. The Morgan fingerprint density at radius 2 is 2.09 bits per heavy atom. The maximum absolute atomic E-state index is 12.3. The predicted octanol–water partition coefficient (Wildman–Crippen LogP) is 2.17. The molecule has 1 N–H and O–H groups in total. The number of fused-ring (bicyclic) bond motifs is 1. The summed E-state index contributed by atoms with van der Waals surface area (Å²) in [4.78, 5) is 20.9. The summed E-state index contributed by atoms with van der Waals surface area (Å²) in [5.41, 5.74) is 3.94. The smallest absolute Gasteiger partial charge is 0.271 e. The number of rotatable bonds is 4. The maximum atomic E-state index is 12.3. The molecule has 0 atom stereocenters. The Labute approximate surface area is 133 Å². The van der Waals surface area contributed by atoms with E-state index in [1.165, 1.54) is 24.7 Å². The molecule has 3 aromatic rings. The fourth-order valence-corrected chi connectivity index (χ4v) is 2.72. The standard InChI is InChI=1S/C17H17N5O/c1-22-16(11-6-7-11)8-12(21-22)9-19-17(23)15-10-18-13-4-2-3-5-14(13)20-15/h2-5,8,10-11H,6-7,9H2,1H3,(H,19,23). The van der Waals surface area contributed by atoms with Gasteiger partial charge in [0.05, 0.1) is 29.5 Å². The van der Waals surface area contributed by atoms with E-state index in [0.29, 0.717) is 23.7 Å². The second-order valence-corrected chi connectivity index (χ2v) is 5.89. The van der Waals surface area contributed by atoms with Crippen LogP contribution in [0.3, 0.4) is 0 Å². The normalized spacial score (nSPS) is 14.1. The highest BCUT2D eigenvalue weighted by molar-refractivity contribution is 5.93. The van der Waals surface area contributed by atoms with Gasteiger partial charge in [-0.05, 0) is 31.0 Å². The first-order valence-corrected chi connectivity index (χ1v) is 7.73. The molecule has 1 aliphatic rings. The molecule has 6 nitrogen and oxygen atoms in total. The Morgan fingerprint density at radius 1 is 1.30 bits per heavy atom. The van der Waals surface area contributed by atoms with Crippen LogP contribution >= 0.6 is 0 Å². The van der Waals surface area contributed by atoms with Gasteiger partial charge in [-0.2, -0.15) is 5.10 Å². The maximum Gasteiger partial charge on any atom is 0.271 e. The van der Waals surface area contributed by atoms with E-state index in [2.05, 4.69) is 26.4 Å². The number of nitrogens with zero attached hydrogens (tertiary/aromatic N) is 4. The summed E-state index contributed by atoms with van der Waals surface area (Å²) in [5, 5.41) is 7.32. The van der Waals surface area contributed by atoms with Crippen LogP contribution in [-0.2, 0) is 13.6 Å². The molecule has 1 saturated carbocycles. The van der Waals surface area contributed by atoms with Crippen LogP contribution in [0, 0.1) is 0 Å². The molecule has 0 radical (unpaired) electrons. The SMILES string of the molecule is Cn1nc(CNC(=O)c2cnc3ccccc3n2)cc1C1CC1. The molecule has 1 aliphatic carbocycles. The zero-order valence-corrected chi connectivity index (χ0v) is 12.9. The first-order valence-electron chi connectivity index (χ1n) is 7.73. The molecule has 2 heterocycles. The number of carbonyl (C=O) groups excluding carboxylic acids is 1. The van der Waals surface area contributed by atoms with Crippen molar-refractivity contribution in [2.45, 2.75) is 25.3 Å². The summed E-state index contributed by atoms with van der Waals surface area (Å²) < 4.78 is 1.91. The molecule has 2 aromatic heterocycles. The van der Waals surface area contributed by atoms with Crippen molar-refractivity contribution >= 4 is 16.9 Å². The Morgan fingerprint density at radius 3 is 2.87 bits per heavy atom. The van der Waals surface area contributed by atoms with E-state index in [-0.39, 0.29) is 5.91 Å². The van der Waals surface area contributed by atoms with Gasteiger partial charge >= 0.3 is 0 Å². The van der Waals surface area contributed by atoms with Gasteiger partial charge in [0.25, 0.3) is 5.91 Å². The Bertz CT molecular complexity index is 882. The van der Waals surface area contributed by atoms with Gasteiger partial charge in [0.1, 0.15) is 5.69 Å². The Balaban J connectivity index is 1.47. The van der Waals surface area contributed by atoms with Gasteiger partial charge < -0.3 is 5.32 Å². The quantitative estimate of drug-likeness (QED) is 0.802. The second-order valence-electron chi connectivity index (χ2n) is 5.89. The number of para-hydroxylation sites is 2. The molecular weight excluding hydrogens is 290 g/mol. The van der Waals surface area contributed by atoms with Crippen LogP contribution < -0.4 is 5.32 Å². The van der Waals surface area contributed by atoms with Gasteiger partial charge in [0, 0.05) is 18.7 Å². The molecule has 6 heteroatoms. The van der Waals surface area contributed by atoms with Crippen LogP contribution in [0.4, 0.5) is 0 Å². The van der Waals surface area contributed by atoms with Crippen molar-refractivity contribution < 1.29 is 4.79 Å². The van der Waals surface area contributed by atoms with Crippen molar-refractivity contribution in [1.29, 1.82) is 0 Å². The minimum absolute atomic E-state index is 0.234. The van der Waals surface area contributed by atoms with Crippen LogP contribution in [0.2, 0.25) is 0 Å². The van der Waals surface area contributed by atoms with Crippen LogP contribution in [0.1, 0.15) is 40.6 Å². The molecule has 1 fully saturated rings. The van der Waals surface area contributed by atoms with E-state index in [4.69, 9.17) is 0 Å². The second kappa shape index (κ2) is 5.46. The number of amides is 1. The fourth-order valence-electron chi connectivity index (χ4n) is 2.72. The molecule has 1 amide bonds. The highest BCUT2D eigenvalue weighted by atomic mass is 16.1. The molecule has 1 aromatic carbocycles. The van der Waals surface area contributed by atoms with Crippen molar-refractivity contribution in [3.63, 3.8) is 0 Å². The first-order chi connectivity index (χ1) is 11.2. The van der Waals surface area contributed by atoms with E-state index in [1.807, 2.05) is 36.0 Å². The van der Waals surface area contributed by atoms with E-state index < -0.39 is 0 Å². The fraction of sp³-hybridized carbons (Fsp3) is 0.294. The average Bonchev–Trinajstić information content (AvgIpc) is 3.35. The molecule has 0 saturated heterocycles.